The fourth-order valence-corrected chi connectivity index (χ4v) is 0.356. The molecule has 0 aromatic heterocycles. The maximum Gasteiger partial charge on any atom is 0.506 e. The molecule has 0 radical (unpaired) electrons. The van der Waals surface area contributed by atoms with Crippen LogP contribution in [0.5, 0.6) is 0 Å². The van der Waals surface area contributed by atoms with E-state index in [1.165, 1.54) is 0 Å². The van der Waals surface area contributed by atoms with Crippen LogP contribution in [0, 0.1) is 0 Å². The molecule has 0 saturated carbocycles. The van der Waals surface area contributed by atoms with Gasteiger partial charge in [-0.15, -0.1) is 0 Å². The molecule has 0 saturated heterocycles. The Hall–Kier alpha value is 0. The number of hydrogen-bond acceptors (Lipinski definition) is 2. The van der Waals surface area contributed by atoms with Crippen LogP contribution in [-0.4, -0.2) is 15.4 Å². The number of hydrogen-bond donors (Lipinski definition) is 1. The standard InChI is InChI=1S/C3H5IO3/c1-2(4)7-3(5)6/h2H,1H3,(H,5,6). The van der Waals surface area contributed by atoms with Gasteiger partial charge in [-0.05, 0) is 29.5 Å². The molecule has 0 aromatic carbocycles. The molecule has 42 valence electrons. The molecule has 0 heterocycles. The van der Waals surface area contributed by atoms with Crippen molar-refractivity contribution in [2.75, 3.05) is 0 Å². The van der Waals surface area contributed by atoms with Crippen molar-refractivity contribution >= 4 is 28.7 Å². The third-order valence-corrected chi connectivity index (χ3v) is 0.517. The molecule has 0 aliphatic heterocycles. The van der Waals surface area contributed by atoms with Crippen LogP contribution in [-0.2, 0) is 4.74 Å². The van der Waals surface area contributed by atoms with Gasteiger partial charge in [0.1, 0.15) is 0 Å². The summed E-state index contributed by atoms with van der Waals surface area (Å²) in [6.45, 7) is 1.65. The van der Waals surface area contributed by atoms with Gasteiger partial charge in [-0.25, -0.2) is 4.79 Å². The second kappa shape index (κ2) is 3.06. The Bertz CT molecular complexity index is 70.6. The number of ether oxygens (including phenoxy) is 1. The lowest BCUT2D eigenvalue weighted by atomic mass is 10.9. The lowest BCUT2D eigenvalue weighted by molar-refractivity contribution is 0.0914. The van der Waals surface area contributed by atoms with Gasteiger partial charge in [-0.1, -0.05) is 0 Å². The SMILES string of the molecule is CC(I)OC(=O)O. The Morgan fingerprint density at radius 3 is 2.43 bits per heavy atom. The first kappa shape index (κ1) is 7.00. The normalized spacial score (nSPS) is 12.9. The molecule has 0 fully saturated rings. The summed E-state index contributed by atoms with van der Waals surface area (Å²) in [6, 6.07) is 0. The van der Waals surface area contributed by atoms with Crippen LogP contribution in [0.1, 0.15) is 6.92 Å². The van der Waals surface area contributed by atoms with Crippen LogP contribution in [0.25, 0.3) is 0 Å². The van der Waals surface area contributed by atoms with E-state index in [9.17, 15) is 4.79 Å². The zero-order valence-corrected chi connectivity index (χ0v) is 5.88. The first-order valence-electron chi connectivity index (χ1n) is 1.66. The minimum Gasteiger partial charge on any atom is -0.450 e. The van der Waals surface area contributed by atoms with Crippen molar-refractivity contribution in [3.63, 3.8) is 0 Å². The van der Waals surface area contributed by atoms with Crippen LogP contribution in [0.4, 0.5) is 4.79 Å². The van der Waals surface area contributed by atoms with Gasteiger partial charge in [-0.2, -0.15) is 0 Å². The molecule has 1 atom stereocenters. The van der Waals surface area contributed by atoms with Crippen LogP contribution < -0.4 is 0 Å². The molecule has 1 N–H and O–H groups in total. The highest BCUT2D eigenvalue weighted by molar-refractivity contribution is 14.1. The van der Waals surface area contributed by atoms with E-state index in [2.05, 4.69) is 4.74 Å². The highest BCUT2D eigenvalue weighted by Crippen LogP contribution is 1.98. The molecule has 0 amide bonds. The molecule has 4 heteroatoms. The van der Waals surface area contributed by atoms with E-state index in [1.54, 1.807) is 6.92 Å². The van der Waals surface area contributed by atoms with Gasteiger partial charge in [0, 0.05) is 0 Å². The molecule has 7 heavy (non-hydrogen) atoms. The molecular formula is C3H5IO3. The molecule has 0 spiro atoms. The summed E-state index contributed by atoms with van der Waals surface area (Å²) in [5, 5.41) is 7.86. The molecule has 3 nitrogen and oxygen atoms in total. The third-order valence-electron chi connectivity index (χ3n) is 0.263. The Morgan fingerprint density at radius 2 is 2.43 bits per heavy atom. The monoisotopic (exact) mass is 216 g/mol. The number of halogens is 1. The second-order valence-electron chi connectivity index (χ2n) is 0.927. The number of alkyl halides is 1. The van der Waals surface area contributed by atoms with E-state index in [0.29, 0.717) is 0 Å². The van der Waals surface area contributed by atoms with Gasteiger partial charge < -0.3 is 9.84 Å². The van der Waals surface area contributed by atoms with E-state index < -0.39 is 6.16 Å². The van der Waals surface area contributed by atoms with Gasteiger partial charge in [0.05, 0.1) is 0 Å². The molecule has 0 aliphatic carbocycles. The molecule has 0 bridgehead atoms. The summed E-state index contributed by atoms with van der Waals surface area (Å²) in [5.41, 5.74) is 0. The Kier molecular flexibility index (Phi) is 3.06. The molecule has 0 aromatic rings. The van der Waals surface area contributed by atoms with Crippen molar-refractivity contribution in [1.82, 2.24) is 0 Å². The summed E-state index contributed by atoms with van der Waals surface area (Å²) in [5.74, 6) is 0. The zero-order chi connectivity index (χ0) is 5.86. The van der Waals surface area contributed by atoms with Crippen molar-refractivity contribution in [1.29, 1.82) is 0 Å². The summed E-state index contributed by atoms with van der Waals surface area (Å²) >= 11 is 1.85. The van der Waals surface area contributed by atoms with Gasteiger partial charge in [0.15, 0.2) is 4.11 Å². The second-order valence-corrected chi connectivity index (χ2v) is 2.68. The predicted molar refractivity (Wildman–Crippen MR) is 32.6 cm³/mol. The fourth-order valence-electron chi connectivity index (χ4n) is 0.139. The van der Waals surface area contributed by atoms with Gasteiger partial charge >= 0.3 is 6.16 Å². The van der Waals surface area contributed by atoms with Crippen molar-refractivity contribution in [2.24, 2.45) is 0 Å². The highest BCUT2D eigenvalue weighted by atomic mass is 127. The first-order valence-corrected chi connectivity index (χ1v) is 2.91. The summed E-state index contributed by atoms with van der Waals surface area (Å²) in [7, 11) is 0. The van der Waals surface area contributed by atoms with Crippen molar-refractivity contribution < 1.29 is 14.6 Å². The lowest BCUT2D eigenvalue weighted by Gasteiger charge is -1.97. The topological polar surface area (TPSA) is 46.5 Å². The highest BCUT2D eigenvalue weighted by Gasteiger charge is 1.98. The summed E-state index contributed by atoms with van der Waals surface area (Å²) in [6.07, 6.45) is -1.22. The van der Waals surface area contributed by atoms with E-state index in [1.807, 2.05) is 22.6 Å². The van der Waals surface area contributed by atoms with Crippen molar-refractivity contribution in [3.05, 3.63) is 0 Å². The van der Waals surface area contributed by atoms with Gasteiger partial charge in [0.2, 0.25) is 0 Å². The Labute approximate surface area is 54.8 Å². The van der Waals surface area contributed by atoms with Crippen LogP contribution in [0.15, 0.2) is 0 Å². The Morgan fingerprint density at radius 1 is 2.00 bits per heavy atom. The number of carbonyl (C=O) groups is 1. The van der Waals surface area contributed by atoms with E-state index in [0.717, 1.165) is 0 Å². The lowest BCUT2D eigenvalue weighted by Crippen LogP contribution is -2.04. The smallest absolute Gasteiger partial charge is 0.450 e. The molecule has 0 aliphatic rings. The largest absolute Gasteiger partial charge is 0.506 e. The third kappa shape index (κ3) is 6.00. The first-order chi connectivity index (χ1) is 3.13. The van der Waals surface area contributed by atoms with Crippen LogP contribution in [0.2, 0.25) is 0 Å². The fraction of sp³-hybridized carbons (Fsp3) is 0.667. The van der Waals surface area contributed by atoms with Crippen LogP contribution >= 0.6 is 22.6 Å². The molecule has 0 rings (SSSR count). The van der Waals surface area contributed by atoms with Crippen molar-refractivity contribution in [3.8, 4) is 0 Å². The van der Waals surface area contributed by atoms with E-state index in [4.69, 9.17) is 5.11 Å². The summed E-state index contributed by atoms with van der Waals surface area (Å²) in [4.78, 5) is 9.58. The molecule has 1 unspecified atom stereocenters. The minimum absolute atomic E-state index is 0.255. The predicted octanol–water partition coefficient (Wildman–Crippen LogP) is 1.46. The van der Waals surface area contributed by atoms with Gasteiger partial charge in [-0.3, -0.25) is 0 Å². The van der Waals surface area contributed by atoms with Crippen LogP contribution in [0.3, 0.4) is 0 Å². The average molecular weight is 216 g/mol. The van der Waals surface area contributed by atoms with E-state index in [-0.39, 0.29) is 4.11 Å². The quantitative estimate of drug-likeness (QED) is 0.410. The summed E-state index contributed by atoms with van der Waals surface area (Å²) < 4.78 is 3.90. The van der Waals surface area contributed by atoms with Crippen molar-refractivity contribution in [2.45, 2.75) is 11.0 Å². The number of rotatable bonds is 1. The van der Waals surface area contributed by atoms with Gasteiger partial charge in [0.25, 0.3) is 0 Å². The maximum atomic E-state index is 9.58. The average Bonchev–Trinajstić information content (AvgIpc) is 1.27. The maximum absolute atomic E-state index is 9.58. The zero-order valence-electron chi connectivity index (χ0n) is 3.72. The Balaban J connectivity index is 3.13. The molecular weight excluding hydrogens is 211 g/mol. The minimum atomic E-state index is -1.22. The van der Waals surface area contributed by atoms with E-state index >= 15 is 0 Å². The number of carboxylic acid groups (broad SMARTS) is 1.